The first-order valence-electron chi connectivity index (χ1n) is 6.27. The van der Waals surface area contributed by atoms with E-state index in [2.05, 4.69) is 0 Å². The first-order valence-corrected chi connectivity index (χ1v) is 6.27. The Bertz CT molecular complexity index is 353. The van der Waals surface area contributed by atoms with Crippen molar-refractivity contribution in [2.24, 2.45) is 5.73 Å². The van der Waals surface area contributed by atoms with E-state index in [-0.39, 0.29) is 0 Å². The molecule has 1 aliphatic rings. The molecule has 2 rings (SSSR count). The highest BCUT2D eigenvalue weighted by Gasteiger charge is 2.42. The van der Waals surface area contributed by atoms with E-state index in [1.165, 1.54) is 0 Å². The Labute approximate surface area is 101 Å². The molecule has 1 fully saturated rings. The van der Waals surface area contributed by atoms with Crippen LogP contribution in [0.4, 0.5) is 8.78 Å². The van der Waals surface area contributed by atoms with Gasteiger partial charge in [0.1, 0.15) is 0 Å². The zero-order valence-corrected chi connectivity index (χ0v) is 9.96. The van der Waals surface area contributed by atoms with E-state index in [0.29, 0.717) is 19.4 Å². The molecule has 0 saturated heterocycles. The van der Waals surface area contributed by atoms with E-state index in [1.54, 1.807) is 0 Å². The van der Waals surface area contributed by atoms with Crippen LogP contribution >= 0.6 is 0 Å². The average Bonchev–Trinajstić information content (AvgIpc) is 2.39. The average molecular weight is 239 g/mol. The molecule has 0 aromatic heterocycles. The third-order valence-corrected chi connectivity index (χ3v) is 3.93. The van der Waals surface area contributed by atoms with E-state index in [0.717, 1.165) is 30.4 Å². The fraction of sp³-hybridized carbons (Fsp3) is 0.571. The van der Waals surface area contributed by atoms with E-state index in [9.17, 15) is 8.78 Å². The Kier molecular flexibility index (Phi) is 3.77. The lowest BCUT2D eigenvalue weighted by Crippen LogP contribution is -2.36. The van der Waals surface area contributed by atoms with Gasteiger partial charge in [0.2, 0.25) is 6.43 Å². The van der Waals surface area contributed by atoms with Crippen LogP contribution in [0.1, 0.15) is 43.2 Å². The fourth-order valence-corrected chi connectivity index (χ4v) is 2.79. The predicted octanol–water partition coefficient (Wildman–Crippen LogP) is 3.61. The highest BCUT2D eigenvalue weighted by molar-refractivity contribution is 5.30. The lowest BCUT2D eigenvalue weighted by molar-refractivity contribution is 0.0254. The summed E-state index contributed by atoms with van der Waals surface area (Å²) in [6.45, 7) is 0.460. The molecule has 94 valence electrons. The molecular formula is C14H19F2N. The zero-order valence-electron chi connectivity index (χ0n) is 9.96. The summed E-state index contributed by atoms with van der Waals surface area (Å²) >= 11 is 0. The largest absolute Gasteiger partial charge is 0.326 e. The number of hydrogen-bond donors (Lipinski definition) is 1. The van der Waals surface area contributed by atoms with Gasteiger partial charge >= 0.3 is 0 Å². The van der Waals surface area contributed by atoms with Gasteiger partial charge in [-0.25, -0.2) is 8.78 Å². The summed E-state index contributed by atoms with van der Waals surface area (Å²) in [6.07, 6.45) is 1.83. The van der Waals surface area contributed by atoms with Crippen molar-refractivity contribution >= 4 is 0 Å². The van der Waals surface area contributed by atoms with Crippen LogP contribution < -0.4 is 5.73 Å². The molecule has 1 aliphatic carbocycles. The van der Waals surface area contributed by atoms with Crippen LogP contribution in [0.3, 0.4) is 0 Å². The molecule has 0 atom stereocenters. The second kappa shape index (κ2) is 5.13. The molecule has 0 amide bonds. The quantitative estimate of drug-likeness (QED) is 0.856. The van der Waals surface area contributed by atoms with E-state index in [4.69, 9.17) is 5.73 Å². The van der Waals surface area contributed by atoms with Gasteiger partial charge in [-0.2, -0.15) is 0 Å². The molecular weight excluding hydrogens is 220 g/mol. The van der Waals surface area contributed by atoms with Crippen LogP contribution in [0.2, 0.25) is 0 Å². The summed E-state index contributed by atoms with van der Waals surface area (Å²) in [5.41, 5.74) is 6.39. The van der Waals surface area contributed by atoms with Gasteiger partial charge in [-0.1, -0.05) is 43.5 Å². The van der Waals surface area contributed by atoms with Crippen molar-refractivity contribution in [3.8, 4) is 0 Å². The number of alkyl halides is 2. The fourth-order valence-electron chi connectivity index (χ4n) is 2.79. The van der Waals surface area contributed by atoms with Gasteiger partial charge in [0.25, 0.3) is 0 Å². The third kappa shape index (κ3) is 2.34. The number of nitrogens with two attached hydrogens (primary N) is 1. The van der Waals surface area contributed by atoms with Crippen molar-refractivity contribution in [2.75, 3.05) is 0 Å². The normalized spacial score (nSPS) is 19.5. The minimum absolute atomic E-state index is 0.460. The molecule has 1 aromatic rings. The molecule has 1 nitrogen and oxygen atoms in total. The first kappa shape index (κ1) is 12.5. The molecule has 3 heteroatoms. The number of benzene rings is 1. The van der Waals surface area contributed by atoms with Gasteiger partial charge in [-0.3, -0.25) is 0 Å². The van der Waals surface area contributed by atoms with Gasteiger partial charge < -0.3 is 5.73 Å². The Balaban J connectivity index is 2.31. The molecule has 0 spiro atoms. The van der Waals surface area contributed by atoms with E-state index < -0.39 is 11.8 Å². The first-order chi connectivity index (χ1) is 8.19. The van der Waals surface area contributed by atoms with E-state index in [1.807, 2.05) is 24.3 Å². The Morgan fingerprint density at radius 2 is 1.65 bits per heavy atom. The van der Waals surface area contributed by atoms with Gasteiger partial charge in [0, 0.05) is 6.54 Å². The standard InChI is InChI=1S/C14H19F2N/c15-13(16)14(8-2-1-3-9-14)12-6-4-11(10-17)5-7-12/h4-7,13H,1-3,8-10,17H2. The molecule has 0 heterocycles. The topological polar surface area (TPSA) is 26.0 Å². The smallest absolute Gasteiger partial charge is 0.248 e. The molecule has 0 bridgehead atoms. The summed E-state index contributed by atoms with van der Waals surface area (Å²) in [4.78, 5) is 0. The van der Waals surface area contributed by atoms with Gasteiger partial charge in [-0.15, -0.1) is 0 Å². The van der Waals surface area contributed by atoms with Crippen LogP contribution in [0.5, 0.6) is 0 Å². The minimum atomic E-state index is -2.27. The van der Waals surface area contributed by atoms with Crippen molar-refractivity contribution in [3.05, 3.63) is 35.4 Å². The molecule has 17 heavy (non-hydrogen) atoms. The van der Waals surface area contributed by atoms with Gasteiger partial charge in [0.05, 0.1) is 5.41 Å². The van der Waals surface area contributed by atoms with Crippen LogP contribution in [0.25, 0.3) is 0 Å². The Morgan fingerprint density at radius 1 is 1.06 bits per heavy atom. The maximum Gasteiger partial charge on any atom is 0.248 e. The van der Waals surface area contributed by atoms with Gasteiger partial charge in [-0.05, 0) is 24.0 Å². The summed E-state index contributed by atoms with van der Waals surface area (Å²) in [7, 11) is 0. The number of hydrogen-bond acceptors (Lipinski definition) is 1. The number of halogens is 2. The monoisotopic (exact) mass is 239 g/mol. The molecule has 0 radical (unpaired) electrons. The lowest BCUT2D eigenvalue weighted by Gasteiger charge is -2.37. The second-order valence-electron chi connectivity index (χ2n) is 4.92. The van der Waals surface area contributed by atoms with Gasteiger partial charge in [0.15, 0.2) is 0 Å². The number of rotatable bonds is 3. The van der Waals surface area contributed by atoms with Crippen molar-refractivity contribution < 1.29 is 8.78 Å². The molecule has 2 N–H and O–H groups in total. The minimum Gasteiger partial charge on any atom is -0.326 e. The van der Waals surface area contributed by atoms with Crippen molar-refractivity contribution in [2.45, 2.75) is 50.5 Å². The summed E-state index contributed by atoms with van der Waals surface area (Å²) in [5, 5.41) is 0. The van der Waals surface area contributed by atoms with Crippen LogP contribution in [0, 0.1) is 0 Å². The summed E-state index contributed by atoms with van der Waals surface area (Å²) < 4.78 is 26.8. The molecule has 1 saturated carbocycles. The third-order valence-electron chi connectivity index (χ3n) is 3.93. The maximum absolute atomic E-state index is 13.4. The lowest BCUT2D eigenvalue weighted by atomic mass is 9.69. The Hall–Kier alpha value is -0.960. The van der Waals surface area contributed by atoms with Crippen molar-refractivity contribution in [1.82, 2.24) is 0 Å². The summed E-state index contributed by atoms with van der Waals surface area (Å²) in [6, 6.07) is 7.40. The van der Waals surface area contributed by atoms with E-state index >= 15 is 0 Å². The highest BCUT2D eigenvalue weighted by atomic mass is 19.3. The maximum atomic E-state index is 13.4. The molecule has 1 aromatic carbocycles. The van der Waals surface area contributed by atoms with Crippen LogP contribution in [-0.2, 0) is 12.0 Å². The predicted molar refractivity (Wildman–Crippen MR) is 65.1 cm³/mol. The molecule has 0 unspecified atom stereocenters. The van der Waals surface area contributed by atoms with Crippen LogP contribution in [0.15, 0.2) is 24.3 Å². The van der Waals surface area contributed by atoms with Crippen LogP contribution in [-0.4, -0.2) is 6.43 Å². The Morgan fingerprint density at radius 3 is 2.12 bits per heavy atom. The van der Waals surface area contributed by atoms with Crippen molar-refractivity contribution in [3.63, 3.8) is 0 Å². The molecule has 0 aliphatic heterocycles. The SMILES string of the molecule is NCc1ccc(C2(C(F)F)CCCCC2)cc1. The second-order valence-corrected chi connectivity index (χ2v) is 4.92. The van der Waals surface area contributed by atoms with Crippen molar-refractivity contribution in [1.29, 1.82) is 0 Å². The highest BCUT2D eigenvalue weighted by Crippen LogP contribution is 2.44. The zero-order chi connectivity index (χ0) is 12.3. The summed E-state index contributed by atoms with van der Waals surface area (Å²) in [5.74, 6) is 0.